The van der Waals surface area contributed by atoms with Gasteiger partial charge in [0.05, 0.1) is 0 Å². The zero-order chi connectivity index (χ0) is 12.8. The quantitative estimate of drug-likeness (QED) is 0.819. The molecule has 2 heterocycles. The lowest BCUT2D eigenvalue weighted by atomic mass is 9.93. The van der Waals surface area contributed by atoms with Gasteiger partial charge in [-0.1, -0.05) is 19.9 Å². The van der Waals surface area contributed by atoms with E-state index in [1.807, 2.05) is 35.4 Å². The van der Waals surface area contributed by atoms with E-state index in [9.17, 15) is 4.79 Å². The number of nitrogens with one attached hydrogen (secondary N) is 1. The summed E-state index contributed by atoms with van der Waals surface area (Å²) in [5.74, 6) is 0.158. The molecule has 1 saturated heterocycles. The molecule has 18 heavy (non-hydrogen) atoms. The molecule has 0 unspecified atom stereocenters. The second-order valence-corrected chi connectivity index (χ2v) is 5.89. The molecular weight excluding hydrogens is 224 g/mol. The van der Waals surface area contributed by atoms with Gasteiger partial charge in [-0.3, -0.25) is 4.79 Å². The minimum Gasteiger partial charge on any atom is -0.361 e. The van der Waals surface area contributed by atoms with Crippen molar-refractivity contribution in [3.05, 3.63) is 36.0 Å². The monoisotopic (exact) mass is 242 g/mol. The number of nitrogens with zero attached hydrogens (tertiary/aromatic N) is 1. The Kier molecular flexibility index (Phi) is 2.44. The van der Waals surface area contributed by atoms with E-state index in [-0.39, 0.29) is 11.3 Å². The number of rotatable bonds is 1. The van der Waals surface area contributed by atoms with Crippen molar-refractivity contribution in [3.8, 4) is 0 Å². The van der Waals surface area contributed by atoms with E-state index in [2.05, 4.69) is 18.8 Å². The first-order valence-electron chi connectivity index (χ1n) is 6.42. The predicted molar refractivity (Wildman–Crippen MR) is 72.6 cm³/mol. The van der Waals surface area contributed by atoms with Crippen molar-refractivity contribution >= 4 is 16.8 Å². The maximum atomic E-state index is 12.6. The first-order valence-corrected chi connectivity index (χ1v) is 6.42. The smallest absolute Gasteiger partial charge is 0.254 e. The molecule has 1 aliphatic rings. The Bertz CT molecular complexity index is 597. The molecule has 3 rings (SSSR count). The van der Waals surface area contributed by atoms with Crippen LogP contribution >= 0.6 is 0 Å². The van der Waals surface area contributed by atoms with Crippen LogP contribution in [0.1, 0.15) is 30.6 Å². The summed E-state index contributed by atoms with van der Waals surface area (Å²) >= 11 is 0. The number of benzene rings is 1. The van der Waals surface area contributed by atoms with E-state index >= 15 is 0 Å². The number of aromatic amines is 1. The minimum absolute atomic E-state index is 0.158. The maximum absolute atomic E-state index is 12.6. The summed E-state index contributed by atoms with van der Waals surface area (Å²) in [6.45, 7) is 6.16. The van der Waals surface area contributed by atoms with Gasteiger partial charge in [0.2, 0.25) is 0 Å². The van der Waals surface area contributed by atoms with E-state index in [1.54, 1.807) is 0 Å². The van der Waals surface area contributed by atoms with Crippen molar-refractivity contribution < 1.29 is 4.79 Å². The Morgan fingerprint density at radius 2 is 2.17 bits per heavy atom. The number of hydrogen-bond donors (Lipinski definition) is 1. The summed E-state index contributed by atoms with van der Waals surface area (Å²) in [6.07, 6.45) is 2.97. The largest absolute Gasteiger partial charge is 0.361 e. The number of carbonyl (C=O) groups is 1. The fourth-order valence-electron chi connectivity index (χ4n) is 2.73. The molecule has 0 atom stereocenters. The molecule has 3 heteroatoms. The summed E-state index contributed by atoms with van der Waals surface area (Å²) in [7, 11) is 0. The maximum Gasteiger partial charge on any atom is 0.254 e. The van der Waals surface area contributed by atoms with Crippen molar-refractivity contribution in [2.24, 2.45) is 5.41 Å². The lowest BCUT2D eigenvalue weighted by molar-refractivity contribution is 0.0780. The third-order valence-corrected chi connectivity index (χ3v) is 3.79. The lowest BCUT2D eigenvalue weighted by Gasteiger charge is -2.20. The summed E-state index contributed by atoms with van der Waals surface area (Å²) in [5.41, 5.74) is 2.09. The second-order valence-electron chi connectivity index (χ2n) is 5.89. The molecule has 0 spiro atoms. The molecule has 1 aromatic heterocycles. The van der Waals surface area contributed by atoms with E-state index in [0.29, 0.717) is 0 Å². The Balaban J connectivity index is 1.95. The number of fused-ring (bicyclic) bond motifs is 1. The standard InChI is InChI=1S/C15H18N2O/c1-15(2)7-9-17(10-15)14(18)12-4-3-5-13-11(12)6-8-16-13/h3-6,8,16H,7,9-10H2,1-2H3. The van der Waals surface area contributed by atoms with Crippen LogP contribution in [0.4, 0.5) is 0 Å². The highest BCUT2D eigenvalue weighted by atomic mass is 16.2. The third kappa shape index (κ3) is 1.80. The molecule has 1 N–H and O–H groups in total. The second kappa shape index (κ2) is 3.87. The number of H-pyrrole nitrogens is 1. The zero-order valence-electron chi connectivity index (χ0n) is 10.9. The van der Waals surface area contributed by atoms with Gasteiger partial charge in [-0.05, 0) is 30.0 Å². The lowest BCUT2D eigenvalue weighted by Crippen LogP contribution is -2.30. The van der Waals surface area contributed by atoms with Crippen LogP contribution in [0.5, 0.6) is 0 Å². The van der Waals surface area contributed by atoms with E-state index < -0.39 is 0 Å². The summed E-state index contributed by atoms with van der Waals surface area (Å²) in [6, 6.07) is 7.83. The number of carbonyl (C=O) groups excluding carboxylic acids is 1. The van der Waals surface area contributed by atoms with Crippen molar-refractivity contribution in [1.82, 2.24) is 9.88 Å². The van der Waals surface area contributed by atoms with Gasteiger partial charge >= 0.3 is 0 Å². The molecule has 0 aliphatic carbocycles. The summed E-state index contributed by atoms with van der Waals surface area (Å²) in [5, 5.41) is 1.02. The Hall–Kier alpha value is -1.77. The Labute approximate surface area is 107 Å². The summed E-state index contributed by atoms with van der Waals surface area (Å²) in [4.78, 5) is 17.7. The average molecular weight is 242 g/mol. The topological polar surface area (TPSA) is 36.1 Å². The molecule has 1 aliphatic heterocycles. The van der Waals surface area contributed by atoms with Crippen LogP contribution in [0, 0.1) is 5.41 Å². The van der Waals surface area contributed by atoms with Crippen LogP contribution in [0.15, 0.2) is 30.5 Å². The molecule has 0 bridgehead atoms. The van der Waals surface area contributed by atoms with E-state index in [1.165, 1.54) is 0 Å². The minimum atomic E-state index is 0.158. The first-order chi connectivity index (χ1) is 8.57. The molecule has 94 valence electrons. The molecular formula is C15H18N2O. The molecule has 0 saturated carbocycles. The fourth-order valence-corrected chi connectivity index (χ4v) is 2.73. The molecule has 0 radical (unpaired) electrons. The van der Waals surface area contributed by atoms with E-state index in [4.69, 9.17) is 0 Å². The van der Waals surface area contributed by atoms with Crippen LogP contribution in [-0.2, 0) is 0 Å². The van der Waals surface area contributed by atoms with Crippen LogP contribution in [0.25, 0.3) is 10.9 Å². The Morgan fingerprint density at radius 3 is 2.89 bits per heavy atom. The van der Waals surface area contributed by atoms with Crippen LogP contribution in [0.2, 0.25) is 0 Å². The molecule has 1 aromatic carbocycles. The highest BCUT2D eigenvalue weighted by Crippen LogP contribution is 2.30. The molecule has 1 amide bonds. The molecule has 1 fully saturated rings. The van der Waals surface area contributed by atoms with Gasteiger partial charge in [-0.2, -0.15) is 0 Å². The first kappa shape index (κ1) is 11.3. The number of hydrogen-bond acceptors (Lipinski definition) is 1. The van der Waals surface area contributed by atoms with Crippen molar-refractivity contribution in [2.45, 2.75) is 20.3 Å². The van der Waals surface area contributed by atoms with Crippen LogP contribution < -0.4 is 0 Å². The number of aromatic nitrogens is 1. The van der Waals surface area contributed by atoms with Gasteiger partial charge in [0.15, 0.2) is 0 Å². The highest BCUT2D eigenvalue weighted by Gasteiger charge is 2.32. The number of likely N-dealkylation sites (tertiary alicyclic amines) is 1. The van der Waals surface area contributed by atoms with Gasteiger partial charge in [0.25, 0.3) is 5.91 Å². The van der Waals surface area contributed by atoms with Gasteiger partial charge in [-0.15, -0.1) is 0 Å². The summed E-state index contributed by atoms with van der Waals surface area (Å²) < 4.78 is 0. The van der Waals surface area contributed by atoms with Gasteiger partial charge < -0.3 is 9.88 Å². The van der Waals surface area contributed by atoms with Crippen LogP contribution in [0.3, 0.4) is 0 Å². The fraction of sp³-hybridized carbons (Fsp3) is 0.400. The highest BCUT2D eigenvalue weighted by molar-refractivity contribution is 6.06. The van der Waals surface area contributed by atoms with Gasteiger partial charge in [0.1, 0.15) is 0 Å². The predicted octanol–water partition coefficient (Wildman–Crippen LogP) is 3.04. The SMILES string of the molecule is CC1(C)CCN(C(=O)c2cccc3[nH]ccc23)C1. The van der Waals surface area contributed by atoms with E-state index in [0.717, 1.165) is 36.0 Å². The third-order valence-electron chi connectivity index (χ3n) is 3.79. The van der Waals surface area contributed by atoms with Crippen molar-refractivity contribution in [1.29, 1.82) is 0 Å². The van der Waals surface area contributed by atoms with Crippen molar-refractivity contribution in [2.75, 3.05) is 13.1 Å². The van der Waals surface area contributed by atoms with Gasteiger partial charge in [0, 0.05) is 35.8 Å². The number of amides is 1. The van der Waals surface area contributed by atoms with Crippen molar-refractivity contribution in [3.63, 3.8) is 0 Å². The van der Waals surface area contributed by atoms with Crippen LogP contribution in [-0.4, -0.2) is 28.9 Å². The normalized spacial score (nSPS) is 18.4. The molecule has 3 nitrogen and oxygen atoms in total. The average Bonchev–Trinajstić information content (AvgIpc) is 2.93. The zero-order valence-corrected chi connectivity index (χ0v) is 10.9. The Morgan fingerprint density at radius 1 is 1.33 bits per heavy atom. The van der Waals surface area contributed by atoms with Gasteiger partial charge in [-0.25, -0.2) is 0 Å². The molecule has 2 aromatic rings.